The molecule has 3 aromatic carbocycles. The van der Waals surface area contributed by atoms with Crippen LogP contribution in [0.1, 0.15) is 48.9 Å². The van der Waals surface area contributed by atoms with Crippen LogP contribution < -0.4 is 4.74 Å². The van der Waals surface area contributed by atoms with Gasteiger partial charge in [0.15, 0.2) is 0 Å². The van der Waals surface area contributed by atoms with Crippen molar-refractivity contribution in [3.8, 4) is 26.9 Å². The topological polar surface area (TPSA) is 92.0 Å². The SMILES string of the molecule is COCCCCCCCCOc1ccc(-c2nnc(-c3ccc(C(=O)n4nnc5ccccc54)cc3)s2)cc1. The van der Waals surface area contributed by atoms with E-state index in [9.17, 15) is 4.79 Å². The van der Waals surface area contributed by atoms with Crippen LogP contribution in [0.25, 0.3) is 32.2 Å². The Morgan fingerprint density at radius 3 is 2.05 bits per heavy atom. The van der Waals surface area contributed by atoms with E-state index in [1.54, 1.807) is 19.2 Å². The molecule has 0 aliphatic rings. The summed E-state index contributed by atoms with van der Waals surface area (Å²) in [7, 11) is 1.75. The predicted molar refractivity (Wildman–Crippen MR) is 153 cm³/mol. The van der Waals surface area contributed by atoms with Gasteiger partial charge in [0, 0.05) is 30.4 Å². The molecular formula is C30H31N5O3S. The molecule has 0 unspecified atom stereocenters. The monoisotopic (exact) mass is 541 g/mol. The fourth-order valence-corrected chi connectivity index (χ4v) is 5.15. The van der Waals surface area contributed by atoms with Crippen molar-refractivity contribution in [1.82, 2.24) is 25.2 Å². The molecule has 0 atom stereocenters. The minimum absolute atomic E-state index is 0.228. The van der Waals surface area contributed by atoms with E-state index in [4.69, 9.17) is 9.47 Å². The van der Waals surface area contributed by atoms with Gasteiger partial charge >= 0.3 is 0 Å². The first-order valence-electron chi connectivity index (χ1n) is 13.2. The highest BCUT2D eigenvalue weighted by atomic mass is 32.1. The van der Waals surface area contributed by atoms with Crippen molar-refractivity contribution in [2.75, 3.05) is 20.3 Å². The fraction of sp³-hybridized carbons (Fsp3) is 0.300. The highest BCUT2D eigenvalue weighted by molar-refractivity contribution is 7.17. The van der Waals surface area contributed by atoms with Crippen molar-refractivity contribution in [2.45, 2.75) is 38.5 Å². The number of aromatic nitrogens is 5. The second-order valence-electron chi connectivity index (χ2n) is 9.27. The van der Waals surface area contributed by atoms with E-state index in [1.165, 1.54) is 41.7 Å². The van der Waals surface area contributed by atoms with E-state index < -0.39 is 0 Å². The van der Waals surface area contributed by atoms with E-state index in [1.807, 2.05) is 60.7 Å². The third kappa shape index (κ3) is 6.74. The second-order valence-corrected chi connectivity index (χ2v) is 10.2. The van der Waals surface area contributed by atoms with E-state index in [2.05, 4.69) is 20.5 Å². The summed E-state index contributed by atoms with van der Waals surface area (Å²) in [5.41, 5.74) is 3.78. The summed E-state index contributed by atoms with van der Waals surface area (Å²) in [4.78, 5) is 13.0. The van der Waals surface area contributed by atoms with Gasteiger partial charge in [-0.2, -0.15) is 4.68 Å². The van der Waals surface area contributed by atoms with Crippen molar-refractivity contribution in [2.24, 2.45) is 0 Å². The summed E-state index contributed by atoms with van der Waals surface area (Å²) in [5.74, 6) is 0.637. The standard InChI is InChI=1S/C30H31N5O3S/c1-37-20-8-4-2-3-5-9-21-38-25-18-16-23(17-19-25)29-33-32-28(39-29)22-12-14-24(15-13-22)30(36)35-27-11-7-6-10-26(27)31-34-35/h6-7,10-19H,2-5,8-9,20-21H2,1H3. The number of nitrogens with zero attached hydrogens (tertiary/aromatic N) is 5. The van der Waals surface area contributed by atoms with Crippen LogP contribution in [0.2, 0.25) is 0 Å². The maximum absolute atomic E-state index is 13.0. The van der Waals surface area contributed by atoms with Crippen LogP contribution in [-0.4, -0.2) is 51.4 Å². The Labute approximate surface area is 231 Å². The Balaban J connectivity index is 1.13. The van der Waals surface area contributed by atoms with Crippen LogP contribution >= 0.6 is 11.3 Å². The molecule has 0 amide bonds. The van der Waals surface area contributed by atoms with E-state index in [-0.39, 0.29) is 5.91 Å². The average Bonchev–Trinajstić information content (AvgIpc) is 3.65. The molecular weight excluding hydrogens is 510 g/mol. The molecule has 0 aliphatic heterocycles. The molecule has 200 valence electrons. The molecule has 0 aliphatic carbocycles. The lowest BCUT2D eigenvalue weighted by Crippen LogP contribution is -2.13. The van der Waals surface area contributed by atoms with Gasteiger partial charge in [-0.3, -0.25) is 4.79 Å². The van der Waals surface area contributed by atoms with Crippen LogP contribution in [0, 0.1) is 0 Å². The number of ether oxygens (including phenoxy) is 2. The third-order valence-corrected chi connectivity index (χ3v) is 7.48. The normalized spacial score (nSPS) is 11.2. The number of carbonyl (C=O) groups excluding carboxylic acids is 1. The molecule has 8 nitrogen and oxygen atoms in total. The number of rotatable bonds is 13. The Morgan fingerprint density at radius 1 is 0.744 bits per heavy atom. The molecule has 0 fully saturated rings. The van der Waals surface area contributed by atoms with Gasteiger partial charge in [-0.25, -0.2) is 0 Å². The van der Waals surface area contributed by atoms with Gasteiger partial charge < -0.3 is 9.47 Å². The molecule has 0 spiro atoms. The highest BCUT2D eigenvalue weighted by Crippen LogP contribution is 2.31. The summed E-state index contributed by atoms with van der Waals surface area (Å²) in [5, 5.41) is 18.5. The van der Waals surface area contributed by atoms with E-state index in [0.717, 1.165) is 52.9 Å². The summed E-state index contributed by atoms with van der Waals surface area (Å²) >= 11 is 1.51. The minimum atomic E-state index is -0.228. The van der Waals surface area contributed by atoms with Gasteiger partial charge in [-0.1, -0.05) is 66.5 Å². The molecule has 0 saturated heterocycles. The molecule has 0 N–H and O–H groups in total. The molecule has 0 saturated carbocycles. The van der Waals surface area contributed by atoms with Crippen molar-refractivity contribution < 1.29 is 14.3 Å². The first-order valence-corrected chi connectivity index (χ1v) is 14.1. The Morgan fingerprint density at radius 2 is 1.36 bits per heavy atom. The summed E-state index contributed by atoms with van der Waals surface area (Å²) in [6.45, 7) is 1.59. The van der Waals surface area contributed by atoms with E-state index in [0.29, 0.717) is 16.6 Å². The number of hydrogen-bond acceptors (Lipinski definition) is 8. The van der Waals surface area contributed by atoms with Crippen molar-refractivity contribution in [3.05, 3.63) is 78.4 Å². The Hall–Kier alpha value is -3.95. The van der Waals surface area contributed by atoms with Gasteiger partial charge in [-0.15, -0.1) is 15.3 Å². The summed E-state index contributed by atoms with van der Waals surface area (Å²) in [6, 6.07) is 22.7. The van der Waals surface area contributed by atoms with Crippen LogP contribution in [0.5, 0.6) is 5.75 Å². The summed E-state index contributed by atoms with van der Waals surface area (Å²) in [6.07, 6.45) is 7.12. The molecule has 5 aromatic rings. The molecule has 9 heteroatoms. The number of para-hydroxylation sites is 1. The maximum Gasteiger partial charge on any atom is 0.280 e. The lowest BCUT2D eigenvalue weighted by molar-refractivity contribution is 0.0948. The second kappa shape index (κ2) is 13.2. The molecule has 2 heterocycles. The van der Waals surface area contributed by atoms with Gasteiger partial charge in [0.1, 0.15) is 21.3 Å². The van der Waals surface area contributed by atoms with Gasteiger partial charge in [0.2, 0.25) is 0 Å². The molecule has 39 heavy (non-hydrogen) atoms. The molecule has 5 rings (SSSR count). The highest BCUT2D eigenvalue weighted by Gasteiger charge is 2.15. The van der Waals surface area contributed by atoms with Crippen molar-refractivity contribution >= 4 is 28.3 Å². The zero-order valence-electron chi connectivity index (χ0n) is 22.0. The minimum Gasteiger partial charge on any atom is -0.494 e. The lowest BCUT2D eigenvalue weighted by atomic mass is 10.1. The zero-order valence-corrected chi connectivity index (χ0v) is 22.8. The zero-order chi connectivity index (χ0) is 26.9. The van der Waals surface area contributed by atoms with Gasteiger partial charge in [-0.05, 0) is 61.4 Å². The molecule has 2 aromatic heterocycles. The first kappa shape index (κ1) is 26.6. The lowest BCUT2D eigenvalue weighted by Gasteiger charge is -2.06. The predicted octanol–water partition coefficient (Wildman–Crippen LogP) is 6.67. The molecule has 0 bridgehead atoms. The maximum atomic E-state index is 13.0. The number of benzene rings is 3. The van der Waals surface area contributed by atoms with Gasteiger partial charge in [0.25, 0.3) is 5.91 Å². The first-order chi connectivity index (χ1) is 19.2. The van der Waals surface area contributed by atoms with Crippen LogP contribution in [-0.2, 0) is 4.74 Å². The smallest absolute Gasteiger partial charge is 0.280 e. The number of hydrogen-bond donors (Lipinski definition) is 0. The van der Waals surface area contributed by atoms with Crippen LogP contribution in [0.3, 0.4) is 0 Å². The van der Waals surface area contributed by atoms with Crippen LogP contribution in [0.4, 0.5) is 0 Å². The Bertz CT molecular complexity index is 1500. The quantitative estimate of drug-likeness (QED) is 0.154. The summed E-state index contributed by atoms with van der Waals surface area (Å²) < 4.78 is 12.3. The fourth-order valence-electron chi connectivity index (χ4n) is 4.29. The molecule has 0 radical (unpaired) electrons. The number of methoxy groups -OCH3 is 1. The van der Waals surface area contributed by atoms with Crippen LogP contribution in [0.15, 0.2) is 72.8 Å². The average molecular weight is 542 g/mol. The van der Waals surface area contributed by atoms with Crippen molar-refractivity contribution in [3.63, 3.8) is 0 Å². The third-order valence-electron chi connectivity index (χ3n) is 6.46. The largest absolute Gasteiger partial charge is 0.494 e. The Kier molecular flexibility index (Phi) is 9.03. The number of unbranched alkanes of at least 4 members (excludes halogenated alkanes) is 5. The number of fused-ring (bicyclic) bond motifs is 1. The number of carbonyl (C=O) groups is 1. The van der Waals surface area contributed by atoms with Gasteiger partial charge in [0.05, 0.1) is 12.1 Å². The van der Waals surface area contributed by atoms with Crippen molar-refractivity contribution in [1.29, 1.82) is 0 Å². The van der Waals surface area contributed by atoms with E-state index >= 15 is 0 Å².